The summed E-state index contributed by atoms with van der Waals surface area (Å²) in [7, 11) is 1.95. The van der Waals surface area contributed by atoms with E-state index in [0.29, 0.717) is 12.0 Å². The second-order valence-electron chi connectivity index (χ2n) is 5.41. The van der Waals surface area contributed by atoms with Crippen molar-refractivity contribution in [2.24, 2.45) is 7.05 Å². The molecule has 1 aliphatic rings. The molecule has 2 heterocycles. The lowest BCUT2D eigenvalue weighted by Crippen LogP contribution is -2.09. The number of anilines is 1. The fraction of sp³-hybridized carbons (Fsp3) is 0.615. The van der Waals surface area contributed by atoms with Crippen LogP contribution in [-0.2, 0) is 7.05 Å². The molecule has 0 bridgehead atoms. The molecule has 0 saturated heterocycles. The molecule has 5 heteroatoms. The molecular weight excluding hydrogens is 226 g/mol. The van der Waals surface area contributed by atoms with E-state index in [9.17, 15) is 0 Å². The molecule has 0 radical (unpaired) electrons. The minimum atomic E-state index is 0.328. The third-order valence-electron chi connectivity index (χ3n) is 3.30. The van der Waals surface area contributed by atoms with E-state index in [4.69, 9.17) is 0 Å². The van der Waals surface area contributed by atoms with E-state index in [0.717, 1.165) is 28.4 Å². The van der Waals surface area contributed by atoms with Gasteiger partial charge in [-0.15, -0.1) is 0 Å². The fourth-order valence-corrected chi connectivity index (χ4v) is 2.13. The van der Waals surface area contributed by atoms with Gasteiger partial charge < -0.3 is 5.32 Å². The lowest BCUT2D eigenvalue weighted by molar-refractivity contribution is 0.771. The van der Waals surface area contributed by atoms with Crippen LogP contribution in [0, 0.1) is 6.92 Å². The predicted molar refractivity (Wildman–Crippen MR) is 71.8 cm³/mol. The molecule has 5 nitrogen and oxygen atoms in total. The molecule has 1 saturated carbocycles. The zero-order valence-corrected chi connectivity index (χ0v) is 11.4. The van der Waals surface area contributed by atoms with Crippen molar-refractivity contribution in [3.8, 4) is 0 Å². The Bertz CT molecular complexity index is 595. The van der Waals surface area contributed by atoms with Crippen molar-refractivity contribution in [2.75, 3.05) is 5.32 Å². The van der Waals surface area contributed by atoms with Crippen LogP contribution in [-0.4, -0.2) is 25.8 Å². The van der Waals surface area contributed by atoms with Crippen LogP contribution in [0.25, 0.3) is 11.0 Å². The van der Waals surface area contributed by atoms with Crippen LogP contribution < -0.4 is 5.32 Å². The molecule has 0 aliphatic heterocycles. The highest BCUT2D eigenvalue weighted by Gasteiger charge is 2.24. The molecule has 1 aliphatic carbocycles. The summed E-state index contributed by atoms with van der Waals surface area (Å²) >= 11 is 0. The van der Waals surface area contributed by atoms with Crippen LogP contribution in [0.5, 0.6) is 0 Å². The Morgan fingerprint density at radius 2 is 2.00 bits per heavy atom. The van der Waals surface area contributed by atoms with Gasteiger partial charge in [0, 0.05) is 19.0 Å². The summed E-state index contributed by atoms with van der Waals surface area (Å²) in [6.45, 7) is 6.24. The lowest BCUT2D eigenvalue weighted by atomic mass is 10.2. The van der Waals surface area contributed by atoms with E-state index < -0.39 is 0 Å². The Kier molecular flexibility index (Phi) is 2.50. The molecular formula is C13H19N5. The Morgan fingerprint density at radius 1 is 1.28 bits per heavy atom. The average Bonchev–Trinajstić information content (AvgIpc) is 3.06. The summed E-state index contributed by atoms with van der Waals surface area (Å²) in [6.07, 6.45) is 2.47. The summed E-state index contributed by atoms with van der Waals surface area (Å²) in [5.74, 6) is 2.16. The van der Waals surface area contributed by atoms with Crippen LogP contribution >= 0.6 is 0 Å². The smallest absolute Gasteiger partial charge is 0.156 e. The largest absolute Gasteiger partial charge is 0.365 e. The van der Waals surface area contributed by atoms with Gasteiger partial charge in [-0.3, -0.25) is 4.68 Å². The maximum Gasteiger partial charge on any atom is 0.156 e. The van der Waals surface area contributed by atoms with E-state index in [-0.39, 0.29) is 0 Å². The second kappa shape index (κ2) is 3.93. The van der Waals surface area contributed by atoms with Crippen LogP contribution in [0.1, 0.15) is 44.1 Å². The summed E-state index contributed by atoms with van der Waals surface area (Å²) in [4.78, 5) is 9.32. The SMILES string of the molecule is Cc1nn(C)c2c(NC3CC3)nc(C(C)C)nc12. The molecule has 2 aromatic heterocycles. The van der Waals surface area contributed by atoms with E-state index >= 15 is 0 Å². The Hall–Kier alpha value is -1.65. The highest BCUT2D eigenvalue weighted by atomic mass is 15.3. The minimum Gasteiger partial charge on any atom is -0.365 e. The van der Waals surface area contributed by atoms with Crippen molar-refractivity contribution < 1.29 is 0 Å². The maximum absolute atomic E-state index is 4.67. The first-order valence-corrected chi connectivity index (χ1v) is 6.54. The topological polar surface area (TPSA) is 55.6 Å². The summed E-state index contributed by atoms with van der Waals surface area (Å²) < 4.78 is 1.87. The number of aryl methyl sites for hydroxylation is 2. The van der Waals surface area contributed by atoms with Crippen molar-refractivity contribution >= 4 is 16.9 Å². The highest BCUT2D eigenvalue weighted by Crippen LogP contribution is 2.29. The number of fused-ring (bicyclic) bond motifs is 1. The average molecular weight is 245 g/mol. The first-order valence-electron chi connectivity index (χ1n) is 6.54. The van der Waals surface area contributed by atoms with Crippen LogP contribution in [0.15, 0.2) is 0 Å². The monoisotopic (exact) mass is 245 g/mol. The summed E-state index contributed by atoms with van der Waals surface area (Å²) in [5.41, 5.74) is 2.96. The molecule has 0 unspecified atom stereocenters. The number of rotatable bonds is 3. The standard InChI is InChI=1S/C13H19N5/c1-7(2)12-15-10-8(3)17-18(4)11(10)13(16-12)14-9-5-6-9/h7,9H,5-6H2,1-4H3,(H,14,15,16). The maximum atomic E-state index is 4.67. The van der Waals surface area contributed by atoms with Crippen molar-refractivity contribution in [3.63, 3.8) is 0 Å². The Labute approximate surface area is 107 Å². The van der Waals surface area contributed by atoms with Crippen molar-refractivity contribution in [2.45, 2.75) is 45.6 Å². The van der Waals surface area contributed by atoms with Gasteiger partial charge in [0.1, 0.15) is 16.9 Å². The molecule has 0 atom stereocenters. The number of hydrogen-bond donors (Lipinski definition) is 1. The zero-order chi connectivity index (χ0) is 12.9. The summed E-state index contributed by atoms with van der Waals surface area (Å²) in [6, 6.07) is 0.582. The third-order valence-corrected chi connectivity index (χ3v) is 3.30. The molecule has 0 spiro atoms. The van der Waals surface area contributed by atoms with Crippen LogP contribution in [0.4, 0.5) is 5.82 Å². The quantitative estimate of drug-likeness (QED) is 0.902. The first kappa shape index (κ1) is 11.4. The molecule has 0 amide bonds. The highest BCUT2D eigenvalue weighted by molar-refractivity contribution is 5.87. The van der Waals surface area contributed by atoms with Gasteiger partial charge in [0.15, 0.2) is 5.82 Å². The van der Waals surface area contributed by atoms with Crippen LogP contribution in [0.2, 0.25) is 0 Å². The molecule has 0 aromatic carbocycles. The molecule has 96 valence electrons. The van der Waals surface area contributed by atoms with Crippen molar-refractivity contribution in [1.29, 1.82) is 0 Å². The number of aromatic nitrogens is 4. The zero-order valence-electron chi connectivity index (χ0n) is 11.4. The normalized spacial score (nSPS) is 15.6. The van der Waals surface area contributed by atoms with Crippen LogP contribution in [0.3, 0.4) is 0 Å². The van der Waals surface area contributed by atoms with Crippen molar-refractivity contribution in [3.05, 3.63) is 11.5 Å². The lowest BCUT2D eigenvalue weighted by Gasteiger charge is -2.10. The molecule has 2 aromatic rings. The van der Waals surface area contributed by atoms with E-state index in [2.05, 4.69) is 34.2 Å². The van der Waals surface area contributed by atoms with Gasteiger partial charge in [-0.2, -0.15) is 5.10 Å². The Morgan fingerprint density at radius 3 is 2.61 bits per heavy atom. The van der Waals surface area contributed by atoms with E-state index in [1.165, 1.54) is 12.8 Å². The van der Waals surface area contributed by atoms with Gasteiger partial charge in [-0.05, 0) is 19.8 Å². The van der Waals surface area contributed by atoms with Gasteiger partial charge in [0.25, 0.3) is 0 Å². The molecule has 3 rings (SSSR count). The number of nitrogens with zero attached hydrogens (tertiary/aromatic N) is 4. The molecule has 1 N–H and O–H groups in total. The molecule has 1 fully saturated rings. The van der Waals surface area contributed by atoms with Gasteiger partial charge in [0.05, 0.1) is 5.69 Å². The van der Waals surface area contributed by atoms with Gasteiger partial charge in [-0.25, -0.2) is 9.97 Å². The van der Waals surface area contributed by atoms with E-state index in [1.54, 1.807) is 0 Å². The predicted octanol–water partition coefficient (Wildman–Crippen LogP) is 2.37. The number of nitrogens with one attached hydrogen (secondary N) is 1. The Balaban J connectivity index is 2.21. The number of hydrogen-bond acceptors (Lipinski definition) is 4. The van der Waals surface area contributed by atoms with Gasteiger partial charge >= 0.3 is 0 Å². The van der Waals surface area contributed by atoms with Gasteiger partial charge in [0.2, 0.25) is 0 Å². The molecule has 18 heavy (non-hydrogen) atoms. The minimum absolute atomic E-state index is 0.328. The van der Waals surface area contributed by atoms with Crippen molar-refractivity contribution in [1.82, 2.24) is 19.7 Å². The third kappa shape index (κ3) is 1.83. The van der Waals surface area contributed by atoms with Gasteiger partial charge in [-0.1, -0.05) is 13.8 Å². The van der Waals surface area contributed by atoms with E-state index in [1.807, 2.05) is 18.7 Å². The summed E-state index contributed by atoms with van der Waals surface area (Å²) in [5, 5.41) is 7.95. The second-order valence-corrected chi connectivity index (χ2v) is 5.41. The fourth-order valence-electron chi connectivity index (χ4n) is 2.13. The first-order chi connectivity index (χ1) is 8.56.